The Kier molecular flexibility index (Phi) is 6.29. The van der Waals surface area contributed by atoms with Crippen LogP contribution in [0.15, 0.2) is 65.6 Å². The second-order valence-corrected chi connectivity index (χ2v) is 7.05. The van der Waals surface area contributed by atoms with Gasteiger partial charge in [0.15, 0.2) is 6.10 Å². The minimum Gasteiger partial charge on any atom is -0.453 e. The molecule has 6 nitrogen and oxygen atoms in total. The molecule has 0 amide bonds. The van der Waals surface area contributed by atoms with Crippen LogP contribution in [0.1, 0.15) is 10.4 Å². The summed E-state index contributed by atoms with van der Waals surface area (Å²) in [6.07, 6.45) is -4.77. The van der Waals surface area contributed by atoms with Gasteiger partial charge in [0.1, 0.15) is 23.7 Å². The molecule has 0 bridgehead atoms. The van der Waals surface area contributed by atoms with Crippen molar-refractivity contribution < 1.29 is 29.6 Å². The van der Waals surface area contributed by atoms with Gasteiger partial charge >= 0.3 is 5.97 Å². The predicted octanol–water partition coefficient (Wildman–Crippen LogP) is 1.44. The molecular weight excluding hydrogens is 356 g/mol. The molecule has 138 valence electrons. The molecule has 1 heterocycles. The van der Waals surface area contributed by atoms with Crippen LogP contribution in [-0.4, -0.2) is 57.7 Å². The number of hydrogen-bond acceptors (Lipinski definition) is 7. The minimum absolute atomic E-state index is 0.311. The maximum absolute atomic E-state index is 12.3. The predicted molar refractivity (Wildman–Crippen MR) is 95.7 cm³/mol. The molecule has 1 saturated heterocycles. The first kappa shape index (κ1) is 18.9. The molecule has 3 unspecified atom stereocenters. The molecule has 0 aliphatic carbocycles. The molecule has 7 heteroatoms. The first-order valence-electron chi connectivity index (χ1n) is 8.20. The number of thioether (sulfide) groups is 1. The average molecular weight is 376 g/mol. The van der Waals surface area contributed by atoms with Crippen LogP contribution in [0, 0.1) is 0 Å². The van der Waals surface area contributed by atoms with E-state index in [2.05, 4.69) is 0 Å². The fraction of sp³-hybridized carbons (Fsp3) is 0.316. The molecule has 2 aromatic carbocycles. The molecule has 0 aromatic heterocycles. The van der Waals surface area contributed by atoms with Crippen molar-refractivity contribution in [2.45, 2.75) is 34.7 Å². The number of ether oxygens (including phenoxy) is 2. The summed E-state index contributed by atoms with van der Waals surface area (Å²) in [5, 5.41) is 30.4. The summed E-state index contributed by atoms with van der Waals surface area (Å²) in [6, 6.07) is 17.6. The van der Waals surface area contributed by atoms with Crippen LogP contribution < -0.4 is 0 Å². The first-order chi connectivity index (χ1) is 12.6. The van der Waals surface area contributed by atoms with Crippen LogP contribution >= 0.6 is 11.8 Å². The molecule has 3 N–H and O–H groups in total. The maximum Gasteiger partial charge on any atom is 0.338 e. The van der Waals surface area contributed by atoms with Gasteiger partial charge < -0.3 is 24.8 Å². The Balaban J connectivity index is 1.76. The third kappa shape index (κ3) is 4.25. The molecule has 1 aliphatic rings. The highest BCUT2D eigenvalue weighted by atomic mass is 32.2. The standard InChI is InChI=1S/C19H20O6S/c20-11-14-15(21)17(25-18(23)12-7-3-1-4-8-12)16(22)19(24-14)26-13-9-5-2-6-10-13/h1-10,14-17,19-22H,11H2/t14?,15-,16?,17?,19+/m0/s1. The Morgan fingerprint density at radius 1 is 1.00 bits per heavy atom. The summed E-state index contributed by atoms with van der Waals surface area (Å²) >= 11 is 1.23. The van der Waals surface area contributed by atoms with E-state index in [0.29, 0.717) is 5.56 Å². The lowest BCUT2D eigenvalue weighted by molar-refractivity contribution is -0.206. The molecule has 26 heavy (non-hydrogen) atoms. The van der Waals surface area contributed by atoms with E-state index in [9.17, 15) is 20.1 Å². The van der Waals surface area contributed by atoms with Crippen molar-refractivity contribution in [2.75, 3.05) is 6.61 Å². The summed E-state index contributed by atoms with van der Waals surface area (Å²) in [7, 11) is 0. The van der Waals surface area contributed by atoms with Crippen molar-refractivity contribution in [1.82, 2.24) is 0 Å². The zero-order valence-corrected chi connectivity index (χ0v) is 14.7. The van der Waals surface area contributed by atoms with E-state index in [-0.39, 0.29) is 0 Å². The lowest BCUT2D eigenvalue weighted by Crippen LogP contribution is -2.59. The Morgan fingerprint density at radius 2 is 1.62 bits per heavy atom. The second-order valence-electron chi connectivity index (χ2n) is 5.87. The van der Waals surface area contributed by atoms with Crippen molar-refractivity contribution in [3.8, 4) is 0 Å². The Hall–Kier alpha value is -1.90. The first-order valence-corrected chi connectivity index (χ1v) is 9.08. The van der Waals surface area contributed by atoms with E-state index >= 15 is 0 Å². The lowest BCUT2D eigenvalue weighted by Gasteiger charge is -2.41. The van der Waals surface area contributed by atoms with Crippen molar-refractivity contribution in [3.05, 3.63) is 66.2 Å². The van der Waals surface area contributed by atoms with Crippen LogP contribution in [0.5, 0.6) is 0 Å². The number of aliphatic hydroxyl groups is 3. The van der Waals surface area contributed by atoms with E-state index in [0.717, 1.165) is 4.90 Å². The quantitative estimate of drug-likeness (QED) is 0.680. The third-order valence-corrected chi connectivity index (χ3v) is 5.24. The Bertz CT molecular complexity index is 710. The summed E-state index contributed by atoms with van der Waals surface area (Å²) in [5.41, 5.74) is -0.488. The zero-order valence-electron chi connectivity index (χ0n) is 13.8. The molecule has 0 radical (unpaired) electrons. The van der Waals surface area contributed by atoms with Crippen LogP contribution in [0.25, 0.3) is 0 Å². The number of benzene rings is 2. The molecule has 1 aliphatic heterocycles. The van der Waals surface area contributed by atoms with E-state index < -0.39 is 42.4 Å². The number of esters is 1. The van der Waals surface area contributed by atoms with Gasteiger partial charge in [0.05, 0.1) is 12.2 Å². The van der Waals surface area contributed by atoms with Crippen molar-refractivity contribution in [1.29, 1.82) is 0 Å². The summed E-state index contributed by atoms with van der Waals surface area (Å²) < 4.78 is 11.0. The fourth-order valence-corrected chi connectivity index (χ4v) is 3.76. The number of hydrogen-bond donors (Lipinski definition) is 3. The Labute approximate surface area is 155 Å². The highest BCUT2D eigenvalue weighted by molar-refractivity contribution is 7.99. The maximum atomic E-state index is 12.3. The smallest absolute Gasteiger partial charge is 0.338 e. The number of rotatable bonds is 5. The van der Waals surface area contributed by atoms with Crippen molar-refractivity contribution in [2.24, 2.45) is 0 Å². The van der Waals surface area contributed by atoms with Gasteiger partial charge in [-0.05, 0) is 24.3 Å². The number of aliphatic hydroxyl groups excluding tert-OH is 3. The normalized spacial score (nSPS) is 28.5. The summed E-state index contributed by atoms with van der Waals surface area (Å²) in [5.74, 6) is -0.657. The van der Waals surface area contributed by atoms with E-state index in [1.165, 1.54) is 11.8 Å². The van der Waals surface area contributed by atoms with Gasteiger partial charge in [0.25, 0.3) is 0 Å². The van der Waals surface area contributed by atoms with Crippen LogP contribution in [-0.2, 0) is 9.47 Å². The largest absolute Gasteiger partial charge is 0.453 e. The van der Waals surface area contributed by atoms with Crippen LogP contribution in [0.2, 0.25) is 0 Å². The molecule has 3 rings (SSSR count). The number of carbonyl (C=O) groups is 1. The second kappa shape index (κ2) is 8.66. The molecule has 1 fully saturated rings. The zero-order chi connectivity index (χ0) is 18.5. The van der Waals surface area contributed by atoms with E-state index in [1.54, 1.807) is 30.3 Å². The minimum atomic E-state index is -1.34. The van der Waals surface area contributed by atoms with Gasteiger partial charge in [-0.15, -0.1) is 0 Å². The van der Waals surface area contributed by atoms with E-state index in [4.69, 9.17) is 9.47 Å². The monoisotopic (exact) mass is 376 g/mol. The van der Waals surface area contributed by atoms with Crippen LogP contribution in [0.3, 0.4) is 0 Å². The third-order valence-electron chi connectivity index (χ3n) is 4.07. The van der Waals surface area contributed by atoms with Gasteiger partial charge in [-0.3, -0.25) is 0 Å². The molecule has 5 atom stereocenters. The van der Waals surface area contributed by atoms with Gasteiger partial charge in [-0.1, -0.05) is 48.2 Å². The highest BCUT2D eigenvalue weighted by Gasteiger charge is 2.47. The van der Waals surface area contributed by atoms with Gasteiger partial charge in [-0.25, -0.2) is 4.79 Å². The molecular formula is C19H20O6S. The average Bonchev–Trinajstić information content (AvgIpc) is 2.68. The van der Waals surface area contributed by atoms with Gasteiger partial charge in [0, 0.05) is 4.90 Å². The molecule has 0 saturated carbocycles. The molecule has 2 aromatic rings. The van der Waals surface area contributed by atoms with Gasteiger partial charge in [0.2, 0.25) is 0 Å². The van der Waals surface area contributed by atoms with Gasteiger partial charge in [-0.2, -0.15) is 0 Å². The van der Waals surface area contributed by atoms with Crippen molar-refractivity contribution in [3.63, 3.8) is 0 Å². The molecule has 0 spiro atoms. The van der Waals surface area contributed by atoms with E-state index in [1.807, 2.05) is 30.3 Å². The van der Waals surface area contributed by atoms with Crippen molar-refractivity contribution >= 4 is 17.7 Å². The highest BCUT2D eigenvalue weighted by Crippen LogP contribution is 2.34. The fourth-order valence-electron chi connectivity index (χ4n) is 2.69. The number of carbonyl (C=O) groups excluding carboxylic acids is 1. The Morgan fingerprint density at radius 3 is 2.23 bits per heavy atom. The lowest BCUT2D eigenvalue weighted by atomic mass is 10.00. The summed E-state index contributed by atoms with van der Waals surface area (Å²) in [6.45, 7) is -0.459. The summed E-state index contributed by atoms with van der Waals surface area (Å²) in [4.78, 5) is 13.2. The topological polar surface area (TPSA) is 96.2 Å². The SMILES string of the molecule is O=C(OC1C(O)[C@@H](Sc2ccccc2)OC(CO)[C@@H]1O)c1ccccc1. The van der Waals surface area contributed by atoms with Crippen LogP contribution in [0.4, 0.5) is 0 Å².